The van der Waals surface area contributed by atoms with E-state index in [0.29, 0.717) is 40.9 Å². The van der Waals surface area contributed by atoms with Crippen LogP contribution in [0.3, 0.4) is 0 Å². The first-order valence-corrected chi connectivity index (χ1v) is 11.2. The number of carbonyl (C=O) groups excluding carboxylic acids is 1. The Morgan fingerprint density at radius 1 is 1.34 bits per heavy atom. The molecule has 0 atom stereocenters. The van der Waals surface area contributed by atoms with E-state index in [2.05, 4.69) is 31.0 Å². The Kier molecular flexibility index (Phi) is 6.17. The van der Waals surface area contributed by atoms with Crippen molar-refractivity contribution < 1.29 is 17.6 Å². The van der Waals surface area contributed by atoms with Crippen molar-refractivity contribution in [1.82, 2.24) is 30.5 Å². The first-order chi connectivity index (χ1) is 13.8. The molecule has 0 bridgehead atoms. The molecule has 3 rings (SSSR count). The molecule has 0 saturated carbocycles. The van der Waals surface area contributed by atoms with Crippen LogP contribution in [0, 0.1) is 5.82 Å². The molecule has 3 aromatic rings. The maximum absolute atomic E-state index is 14.1. The Morgan fingerprint density at radius 2 is 2.14 bits per heavy atom. The number of sulfone groups is 1. The molecule has 2 amide bonds. The zero-order valence-corrected chi connectivity index (χ0v) is 17.2. The molecule has 2 aromatic heterocycles. The summed E-state index contributed by atoms with van der Waals surface area (Å²) in [7, 11) is -3.64. The van der Waals surface area contributed by atoms with Crippen LogP contribution in [-0.4, -0.2) is 52.4 Å². The zero-order chi connectivity index (χ0) is 21.0. The van der Waals surface area contributed by atoms with E-state index in [0.717, 1.165) is 23.7 Å². The molecule has 0 spiro atoms. The maximum Gasteiger partial charge on any atom is 0.321 e. The van der Waals surface area contributed by atoms with Crippen LogP contribution in [0.25, 0.3) is 10.4 Å². The van der Waals surface area contributed by atoms with E-state index in [4.69, 9.17) is 0 Å². The third-order valence-electron chi connectivity index (χ3n) is 3.75. The number of hydrogen-bond acceptors (Lipinski definition) is 8. The van der Waals surface area contributed by atoms with Crippen molar-refractivity contribution in [3.63, 3.8) is 0 Å². The fraction of sp³-hybridized carbons (Fsp3) is 0.312. The molecule has 2 heterocycles. The summed E-state index contributed by atoms with van der Waals surface area (Å²) in [5.74, 6) is -0.303. The molecule has 0 fully saturated rings. The van der Waals surface area contributed by atoms with Crippen LogP contribution in [0.4, 0.5) is 14.3 Å². The molecule has 0 saturated heterocycles. The van der Waals surface area contributed by atoms with Crippen LogP contribution < -0.4 is 10.6 Å². The van der Waals surface area contributed by atoms with E-state index < -0.39 is 21.7 Å². The van der Waals surface area contributed by atoms with Gasteiger partial charge in [0.1, 0.15) is 10.7 Å². The van der Waals surface area contributed by atoms with Crippen molar-refractivity contribution in [3.8, 4) is 10.4 Å². The van der Waals surface area contributed by atoms with E-state index in [1.54, 1.807) is 0 Å². The lowest BCUT2D eigenvalue weighted by Gasteiger charge is -2.04. The van der Waals surface area contributed by atoms with Crippen LogP contribution in [0.15, 0.2) is 29.3 Å². The lowest BCUT2D eigenvalue weighted by Crippen LogP contribution is -2.30. The first-order valence-electron chi connectivity index (χ1n) is 8.53. The van der Waals surface area contributed by atoms with Gasteiger partial charge >= 0.3 is 6.03 Å². The standard InChI is InChI=1S/C16H18FN7O3S2/c1-3-24-22-14(21-23-24)6-7-18-15(25)20-16-19-9-12(28-16)10-4-5-13(11(17)8-10)29(2,26)27/h4-5,8-9H,3,6-7H2,1-2H3,(H2,18,19,20,25). The molecule has 10 nitrogen and oxygen atoms in total. The summed E-state index contributed by atoms with van der Waals surface area (Å²) in [5, 5.41) is 17.4. The summed E-state index contributed by atoms with van der Waals surface area (Å²) >= 11 is 1.14. The Balaban J connectivity index is 1.57. The number of amides is 2. The summed E-state index contributed by atoms with van der Waals surface area (Å²) in [6.45, 7) is 2.83. The minimum absolute atomic E-state index is 0.317. The smallest absolute Gasteiger partial charge is 0.321 e. The van der Waals surface area contributed by atoms with Gasteiger partial charge < -0.3 is 5.32 Å². The number of nitrogens with zero attached hydrogens (tertiary/aromatic N) is 5. The fourth-order valence-corrected chi connectivity index (χ4v) is 3.90. The number of aromatic nitrogens is 5. The summed E-state index contributed by atoms with van der Waals surface area (Å²) in [6.07, 6.45) is 2.85. The van der Waals surface area contributed by atoms with Gasteiger partial charge in [-0.3, -0.25) is 5.32 Å². The molecule has 29 heavy (non-hydrogen) atoms. The number of rotatable bonds is 7. The van der Waals surface area contributed by atoms with Crippen molar-refractivity contribution >= 4 is 32.3 Å². The van der Waals surface area contributed by atoms with Crippen molar-refractivity contribution in [1.29, 1.82) is 0 Å². The number of thiazole rings is 1. The van der Waals surface area contributed by atoms with E-state index in [1.165, 1.54) is 23.1 Å². The molecular formula is C16H18FN7O3S2. The van der Waals surface area contributed by atoms with Crippen LogP contribution in [0.2, 0.25) is 0 Å². The largest absolute Gasteiger partial charge is 0.337 e. The van der Waals surface area contributed by atoms with Gasteiger partial charge in [-0.2, -0.15) is 4.80 Å². The number of tetrazole rings is 1. The number of halogens is 1. The van der Waals surface area contributed by atoms with E-state index in [1.807, 2.05) is 6.92 Å². The Labute approximate surface area is 170 Å². The van der Waals surface area contributed by atoms with Gasteiger partial charge in [0.05, 0.1) is 11.4 Å². The van der Waals surface area contributed by atoms with E-state index >= 15 is 0 Å². The third-order valence-corrected chi connectivity index (χ3v) is 5.85. The number of carbonyl (C=O) groups is 1. The monoisotopic (exact) mass is 439 g/mol. The van der Waals surface area contributed by atoms with Gasteiger partial charge in [0, 0.05) is 25.4 Å². The number of aryl methyl sites for hydroxylation is 1. The molecule has 2 N–H and O–H groups in total. The third kappa shape index (κ3) is 5.32. The second-order valence-electron chi connectivity index (χ2n) is 5.97. The number of nitrogens with one attached hydrogen (secondary N) is 2. The van der Waals surface area contributed by atoms with Crippen molar-refractivity contribution in [2.24, 2.45) is 0 Å². The minimum atomic E-state index is -3.64. The lowest BCUT2D eigenvalue weighted by atomic mass is 10.2. The van der Waals surface area contributed by atoms with Gasteiger partial charge in [0.2, 0.25) is 0 Å². The highest BCUT2D eigenvalue weighted by molar-refractivity contribution is 7.90. The fourth-order valence-electron chi connectivity index (χ4n) is 2.36. The van der Waals surface area contributed by atoms with E-state index in [-0.39, 0.29) is 4.90 Å². The van der Waals surface area contributed by atoms with Crippen LogP contribution in [0.1, 0.15) is 12.7 Å². The topological polar surface area (TPSA) is 132 Å². The zero-order valence-electron chi connectivity index (χ0n) is 15.6. The molecule has 0 aliphatic heterocycles. The molecule has 0 aliphatic rings. The van der Waals surface area contributed by atoms with Gasteiger partial charge in [0.15, 0.2) is 20.8 Å². The summed E-state index contributed by atoms with van der Waals surface area (Å²) in [4.78, 5) is 17.7. The molecule has 1 aromatic carbocycles. The Hall–Kier alpha value is -2.93. The van der Waals surface area contributed by atoms with E-state index in [9.17, 15) is 17.6 Å². The number of hydrogen-bond donors (Lipinski definition) is 2. The van der Waals surface area contributed by atoms with Gasteiger partial charge in [-0.1, -0.05) is 17.4 Å². The average molecular weight is 439 g/mol. The summed E-state index contributed by atoms with van der Waals surface area (Å²) in [5.41, 5.74) is 0.464. The normalized spacial score (nSPS) is 11.4. The SMILES string of the molecule is CCn1nnc(CCNC(=O)Nc2ncc(-c3ccc(S(C)(=O)=O)c(F)c3)s2)n1. The predicted molar refractivity (Wildman–Crippen MR) is 105 cm³/mol. The molecule has 0 radical (unpaired) electrons. The van der Waals surface area contributed by atoms with Gasteiger partial charge in [-0.15, -0.1) is 10.2 Å². The quantitative estimate of drug-likeness (QED) is 0.573. The second kappa shape index (κ2) is 8.61. The highest BCUT2D eigenvalue weighted by Crippen LogP contribution is 2.30. The highest BCUT2D eigenvalue weighted by Gasteiger charge is 2.15. The van der Waals surface area contributed by atoms with Crippen molar-refractivity contribution in [2.45, 2.75) is 24.8 Å². The van der Waals surface area contributed by atoms with Crippen LogP contribution in [-0.2, 0) is 22.8 Å². The average Bonchev–Trinajstić information content (AvgIpc) is 3.30. The van der Waals surface area contributed by atoms with Gasteiger partial charge in [-0.25, -0.2) is 22.6 Å². The predicted octanol–water partition coefficient (Wildman–Crippen LogP) is 1.72. The maximum atomic E-state index is 14.1. The summed E-state index contributed by atoms with van der Waals surface area (Å²) in [6, 6.07) is 3.38. The van der Waals surface area contributed by atoms with Gasteiger partial charge in [0.25, 0.3) is 0 Å². The molecular weight excluding hydrogens is 421 g/mol. The number of anilines is 1. The molecule has 0 unspecified atom stereocenters. The molecule has 13 heteroatoms. The van der Waals surface area contributed by atoms with Gasteiger partial charge in [-0.05, 0) is 29.8 Å². The lowest BCUT2D eigenvalue weighted by molar-refractivity contribution is 0.252. The number of urea groups is 1. The van der Waals surface area contributed by atoms with Crippen LogP contribution >= 0.6 is 11.3 Å². The Morgan fingerprint density at radius 3 is 2.79 bits per heavy atom. The second-order valence-corrected chi connectivity index (χ2v) is 8.99. The highest BCUT2D eigenvalue weighted by atomic mass is 32.2. The van der Waals surface area contributed by atoms with Crippen molar-refractivity contribution in [2.75, 3.05) is 18.1 Å². The molecule has 154 valence electrons. The van der Waals surface area contributed by atoms with Crippen LogP contribution in [0.5, 0.6) is 0 Å². The minimum Gasteiger partial charge on any atom is -0.337 e. The molecule has 0 aliphatic carbocycles. The Bertz CT molecular complexity index is 1130. The van der Waals surface area contributed by atoms with Crippen molar-refractivity contribution in [3.05, 3.63) is 36.0 Å². The number of benzene rings is 1. The summed E-state index contributed by atoms with van der Waals surface area (Å²) < 4.78 is 37.1. The first kappa shape index (κ1) is 20.8.